The largest absolute Gasteiger partial charge is 0.394 e. The first-order valence-electron chi connectivity index (χ1n) is 9.25. The lowest BCUT2D eigenvalue weighted by Gasteiger charge is -2.51. The summed E-state index contributed by atoms with van der Waals surface area (Å²) in [6.07, 6.45) is 2.74. The molecular formula is C22H20FN3OS. The number of nitriles is 1. The molecule has 2 aromatic carbocycles. The first-order valence-corrected chi connectivity index (χ1v) is 10.1. The Balaban J connectivity index is 1.60. The first kappa shape index (κ1) is 18.6. The Labute approximate surface area is 167 Å². The lowest BCUT2D eigenvalue weighted by Crippen LogP contribution is -2.63. The van der Waals surface area contributed by atoms with Crippen LogP contribution in [0.5, 0.6) is 0 Å². The Kier molecular flexibility index (Phi) is 5.12. The van der Waals surface area contributed by atoms with Crippen LogP contribution in [0.25, 0.3) is 11.1 Å². The molecule has 0 amide bonds. The van der Waals surface area contributed by atoms with E-state index in [1.165, 1.54) is 12.1 Å². The molecule has 1 aliphatic heterocycles. The highest BCUT2D eigenvalue weighted by Gasteiger charge is 2.50. The third kappa shape index (κ3) is 3.17. The summed E-state index contributed by atoms with van der Waals surface area (Å²) in [6, 6.07) is 16.1. The van der Waals surface area contributed by atoms with Gasteiger partial charge in [0.1, 0.15) is 11.9 Å². The van der Waals surface area contributed by atoms with Gasteiger partial charge in [0.05, 0.1) is 18.7 Å². The maximum atomic E-state index is 13.5. The summed E-state index contributed by atoms with van der Waals surface area (Å²) < 4.78 is 13.5. The zero-order valence-electron chi connectivity index (χ0n) is 15.4. The van der Waals surface area contributed by atoms with Crippen molar-refractivity contribution < 1.29 is 9.50 Å². The van der Waals surface area contributed by atoms with E-state index >= 15 is 0 Å². The molecular weight excluding hydrogens is 373 g/mol. The van der Waals surface area contributed by atoms with E-state index in [4.69, 9.17) is 0 Å². The number of thiazole rings is 1. The minimum atomic E-state index is -0.368. The van der Waals surface area contributed by atoms with Crippen molar-refractivity contribution >= 4 is 16.5 Å². The van der Waals surface area contributed by atoms with Crippen LogP contribution in [0, 0.1) is 17.1 Å². The summed E-state index contributed by atoms with van der Waals surface area (Å²) in [5.41, 5.74) is 2.72. The average molecular weight is 393 g/mol. The van der Waals surface area contributed by atoms with E-state index in [1.807, 2.05) is 41.4 Å². The summed E-state index contributed by atoms with van der Waals surface area (Å²) >= 11 is 1.57. The lowest BCUT2D eigenvalue weighted by molar-refractivity contribution is 0.187. The van der Waals surface area contributed by atoms with Crippen molar-refractivity contribution in [3.8, 4) is 17.2 Å². The van der Waals surface area contributed by atoms with Crippen LogP contribution in [0.3, 0.4) is 0 Å². The predicted molar refractivity (Wildman–Crippen MR) is 109 cm³/mol. The number of benzene rings is 2. The van der Waals surface area contributed by atoms with E-state index < -0.39 is 0 Å². The standard InChI is InChI=1S/C22H20FN3OS/c1-2-18-12-25-22(28-18)26-19(11-24)21(20(26)13-27)15-8-6-14(7-9-15)16-4-3-5-17(23)10-16/h3-10,12,19-21,27H,2,13H2,1H3/t19-,20+,21-/m1/s1. The van der Waals surface area contributed by atoms with Crippen LogP contribution in [0.2, 0.25) is 0 Å². The number of anilines is 1. The van der Waals surface area contributed by atoms with Crippen molar-refractivity contribution in [1.82, 2.24) is 4.98 Å². The highest BCUT2D eigenvalue weighted by Crippen LogP contribution is 2.44. The Morgan fingerprint density at radius 3 is 2.61 bits per heavy atom. The average Bonchev–Trinajstić information content (AvgIpc) is 3.17. The first-order chi connectivity index (χ1) is 13.7. The summed E-state index contributed by atoms with van der Waals surface area (Å²) in [4.78, 5) is 7.53. The van der Waals surface area contributed by atoms with Crippen LogP contribution >= 0.6 is 11.3 Å². The Morgan fingerprint density at radius 2 is 2.00 bits per heavy atom. The number of halogens is 1. The SMILES string of the molecule is CCc1cnc(N2[C@H](C#N)[C@@H](c3ccc(-c4cccc(F)c4)cc3)[C@@H]2CO)s1. The van der Waals surface area contributed by atoms with Gasteiger partial charge in [0, 0.05) is 17.0 Å². The quantitative estimate of drug-likeness (QED) is 0.699. The van der Waals surface area contributed by atoms with Gasteiger partial charge in [-0.05, 0) is 35.2 Å². The molecule has 3 aromatic rings. The van der Waals surface area contributed by atoms with Gasteiger partial charge < -0.3 is 10.0 Å². The number of aromatic nitrogens is 1. The monoisotopic (exact) mass is 393 g/mol. The van der Waals surface area contributed by atoms with Crippen LogP contribution < -0.4 is 4.90 Å². The van der Waals surface area contributed by atoms with Gasteiger partial charge in [0.25, 0.3) is 0 Å². The summed E-state index contributed by atoms with van der Waals surface area (Å²) in [5.74, 6) is -0.360. The Morgan fingerprint density at radius 1 is 1.21 bits per heavy atom. The third-order valence-electron chi connectivity index (χ3n) is 5.30. The predicted octanol–water partition coefficient (Wildman–Crippen LogP) is 4.37. The fourth-order valence-electron chi connectivity index (χ4n) is 3.82. The second kappa shape index (κ2) is 7.70. The van der Waals surface area contributed by atoms with Gasteiger partial charge in [-0.25, -0.2) is 9.37 Å². The minimum absolute atomic E-state index is 0.0461. The van der Waals surface area contributed by atoms with E-state index in [0.29, 0.717) is 0 Å². The van der Waals surface area contributed by atoms with E-state index in [0.717, 1.165) is 33.1 Å². The van der Waals surface area contributed by atoms with E-state index in [9.17, 15) is 14.8 Å². The molecule has 3 atom stereocenters. The molecule has 4 nitrogen and oxygen atoms in total. The summed E-state index contributed by atoms with van der Waals surface area (Å²) in [5, 5.41) is 20.5. The molecule has 0 saturated carbocycles. The van der Waals surface area contributed by atoms with Crippen molar-refractivity contribution in [3.63, 3.8) is 0 Å². The van der Waals surface area contributed by atoms with Crippen molar-refractivity contribution in [3.05, 3.63) is 71.0 Å². The molecule has 142 valence electrons. The maximum Gasteiger partial charge on any atom is 0.186 e. The normalized spacial score (nSPS) is 21.2. The second-order valence-electron chi connectivity index (χ2n) is 6.85. The smallest absolute Gasteiger partial charge is 0.186 e. The van der Waals surface area contributed by atoms with E-state index in [2.05, 4.69) is 18.0 Å². The minimum Gasteiger partial charge on any atom is -0.394 e. The van der Waals surface area contributed by atoms with Crippen LogP contribution in [-0.2, 0) is 6.42 Å². The number of rotatable bonds is 5. The zero-order chi connectivity index (χ0) is 19.7. The van der Waals surface area contributed by atoms with Gasteiger partial charge in [0.15, 0.2) is 5.13 Å². The molecule has 1 aliphatic rings. The van der Waals surface area contributed by atoms with Crippen molar-refractivity contribution in [2.45, 2.75) is 31.3 Å². The van der Waals surface area contributed by atoms with Crippen molar-refractivity contribution in [2.75, 3.05) is 11.5 Å². The van der Waals surface area contributed by atoms with Crippen LogP contribution in [0.4, 0.5) is 9.52 Å². The molecule has 1 N–H and O–H groups in total. The van der Waals surface area contributed by atoms with Gasteiger partial charge in [-0.3, -0.25) is 0 Å². The lowest BCUT2D eigenvalue weighted by atomic mass is 9.76. The Hall–Kier alpha value is -2.75. The molecule has 0 unspecified atom stereocenters. The van der Waals surface area contributed by atoms with Gasteiger partial charge in [-0.15, -0.1) is 11.3 Å². The van der Waals surface area contributed by atoms with Gasteiger partial charge in [-0.2, -0.15) is 5.26 Å². The fraction of sp³-hybridized carbons (Fsp3) is 0.273. The van der Waals surface area contributed by atoms with E-state index in [1.54, 1.807) is 17.4 Å². The van der Waals surface area contributed by atoms with Crippen LogP contribution in [-0.4, -0.2) is 28.8 Å². The number of nitrogens with zero attached hydrogens (tertiary/aromatic N) is 3. The van der Waals surface area contributed by atoms with Crippen molar-refractivity contribution in [2.24, 2.45) is 0 Å². The fourth-order valence-corrected chi connectivity index (χ4v) is 4.76. The molecule has 0 spiro atoms. The molecule has 0 bridgehead atoms. The van der Waals surface area contributed by atoms with Crippen LogP contribution in [0.15, 0.2) is 54.7 Å². The molecule has 6 heteroatoms. The number of aliphatic hydroxyl groups is 1. The molecule has 1 aromatic heterocycles. The molecule has 1 fully saturated rings. The van der Waals surface area contributed by atoms with E-state index in [-0.39, 0.29) is 30.4 Å². The highest BCUT2D eigenvalue weighted by molar-refractivity contribution is 7.15. The summed E-state index contributed by atoms with van der Waals surface area (Å²) in [6.45, 7) is 2.02. The number of hydrogen-bond acceptors (Lipinski definition) is 5. The third-order valence-corrected chi connectivity index (χ3v) is 6.45. The molecule has 1 saturated heterocycles. The molecule has 2 heterocycles. The topological polar surface area (TPSA) is 60.2 Å². The zero-order valence-corrected chi connectivity index (χ0v) is 16.2. The van der Waals surface area contributed by atoms with Crippen LogP contribution in [0.1, 0.15) is 23.3 Å². The Bertz CT molecular complexity index is 1010. The molecule has 0 radical (unpaired) electrons. The number of aryl methyl sites for hydroxylation is 1. The molecule has 28 heavy (non-hydrogen) atoms. The molecule has 4 rings (SSSR count). The highest BCUT2D eigenvalue weighted by atomic mass is 32.1. The van der Waals surface area contributed by atoms with Gasteiger partial charge in [-0.1, -0.05) is 43.3 Å². The number of hydrogen-bond donors (Lipinski definition) is 1. The number of aliphatic hydroxyl groups excluding tert-OH is 1. The second-order valence-corrected chi connectivity index (χ2v) is 7.95. The van der Waals surface area contributed by atoms with Gasteiger partial charge >= 0.3 is 0 Å². The molecule has 0 aliphatic carbocycles. The maximum absolute atomic E-state index is 13.5. The summed E-state index contributed by atoms with van der Waals surface area (Å²) in [7, 11) is 0. The van der Waals surface area contributed by atoms with Crippen molar-refractivity contribution in [1.29, 1.82) is 5.26 Å². The van der Waals surface area contributed by atoms with Gasteiger partial charge in [0.2, 0.25) is 0 Å².